The van der Waals surface area contributed by atoms with Crippen molar-refractivity contribution in [2.75, 3.05) is 4.90 Å². The predicted molar refractivity (Wildman–Crippen MR) is 104 cm³/mol. The van der Waals surface area contributed by atoms with E-state index in [9.17, 15) is 14.4 Å². The minimum atomic E-state index is -0.945. The van der Waals surface area contributed by atoms with E-state index in [1.165, 1.54) is 4.90 Å². The van der Waals surface area contributed by atoms with Gasteiger partial charge in [-0.2, -0.15) is 0 Å². The second-order valence-electron chi connectivity index (χ2n) is 7.66. The van der Waals surface area contributed by atoms with Gasteiger partial charge in [0.15, 0.2) is 0 Å². The average Bonchev–Trinajstić information content (AvgIpc) is 3.38. The zero-order valence-electron chi connectivity index (χ0n) is 15.4. The van der Waals surface area contributed by atoms with Crippen LogP contribution in [0.15, 0.2) is 48.8 Å². The molecule has 1 amide bonds. The second kappa shape index (κ2) is 6.12. The van der Waals surface area contributed by atoms with Crippen molar-refractivity contribution in [3.05, 3.63) is 59.9 Å². The number of imidazole rings is 1. The summed E-state index contributed by atoms with van der Waals surface area (Å²) in [5.41, 5.74) is 3.97. The molecule has 1 aliphatic carbocycles. The van der Waals surface area contributed by atoms with Gasteiger partial charge in [-0.3, -0.25) is 19.3 Å². The summed E-state index contributed by atoms with van der Waals surface area (Å²) < 4.78 is 0. The quantitative estimate of drug-likeness (QED) is 0.563. The number of amides is 1. The number of ketones is 2. The summed E-state index contributed by atoms with van der Waals surface area (Å²) in [7, 11) is 0. The van der Waals surface area contributed by atoms with Crippen molar-refractivity contribution in [3.8, 4) is 0 Å². The highest BCUT2D eigenvalue weighted by Crippen LogP contribution is 2.45. The number of aryl methyl sites for hydroxylation is 1. The van der Waals surface area contributed by atoms with Crippen LogP contribution in [0.25, 0.3) is 11.0 Å². The molecule has 2 aliphatic rings. The first-order chi connectivity index (χ1) is 13.5. The number of hydrogen-bond acceptors (Lipinski definition) is 4. The number of Topliss-reactive ketones (excluding diaryl/α,β-unsaturated/α-hetero) is 2. The molecule has 0 radical (unpaired) electrons. The molecule has 6 nitrogen and oxygen atoms in total. The maximum atomic E-state index is 13.0. The van der Waals surface area contributed by atoms with Crippen molar-refractivity contribution >= 4 is 34.2 Å². The van der Waals surface area contributed by atoms with E-state index in [4.69, 9.17) is 0 Å². The van der Waals surface area contributed by atoms with Crippen LogP contribution in [0.3, 0.4) is 0 Å². The third kappa shape index (κ3) is 2.56. The molecule has 2 unspecified atom stereocenters. The molecule has 1 saturated carbocycles. The molecule has 1 aliphatic heterocycles. The number of aromatic nitrogens is 2. The fourth-order valence-corrected chi connectivity index (χ4v) is 4.12. The second-order valence-corrected chi connectivity index (χ2v) is 7.66. The van der Waals surface area contributed by atoms with Crippen LogP contribution in [0.5, 0.6) is 0 Å². The molecule has 1 saturated heterocycles. The lowest BCUT2D eigenvalue weighted by Gasteiger charge is -2.27. The van der Waals surface area contributed by atoms with Gasteiger partial charge in [-0.05, 0) is 43.5 Å². The van der Waals surface area contributed by atoms with Crippen molar-refractivity contribution in [1.29, 1.82) is 0 Å². The smallest absolute Gasteiger partial charge is 0.295 e. The van der Waals surface area contributed by atoms with E-state index >= 15 is 0 Å². The Morgan fingerprint density at radius 3 is 2.71 bits per heavy atom. The van der Waals surface area contributed by atoms with Crippen molar-refractivity contribution in [3.63, 3.8) is 0 Å². The molecular weight excluding hydrogens is 354 g/mol. The highest BCUT2D eigenvalue weighted by Gasteiger charge is 2.54. The van der Waals surface area contributed by atoms with Gasteiger partial charge in [0, 0.05) is 11.6 Å². The standard InChI is InChI=1S/C22H19N3O3/c1-12-3-2-4-14(9-12)19-18(20(26)13-5-6-13)21(27)22(28)25(19)15-7-8-16-17(10-15)24-11-23-16/h2-4,7-11,13,18-19H,5-6H2,1H3,(H,23,24). The van der Waals surface area contributed by atoms with E-state index in [-0.39, 0.29) is 11.7 Å². The third-order valence-corrected chi connectivity index (χ3v) is 5.66. The van der Waals surface area contributed by atoms with Crippen molar-refractivity contribution in [1.82, 2.24) is 9.97 Å². The van der Waals surface area contributed by atoms with Gasteiger partial charge in [0.05, 0.1) is 23.4 Å². The first-order valence-electron chi connectivity index (χ1n) is 9.45. The summed E-state index contributed by atoms with van der Waals surface area (Å²) in [6.45, 7) is 1.96. The molecule has 2 aromatic carbocycles. The lowest BCUT2D eigenvalue weighted by atomic mass is 9.87. The van der Waals surface area contributed by atoms with Crippen LogP contribution in [0.1, 0.15) is 30.0 Å². The van der Waals surface area contributed by atoms with Gasteiger partial charge in [0.2, 0.25) is 5.78 Å². The highest BCUT2D eigenvalue weighted by atomic mass is 16.2. The molecule has 0 spiro atoms. The van der Waals surface area contributed by atoms with Crippen LogP contribution >= 0.6 is 0 Å². The summed E-state index contributed by atoms with van der Waals surface area (Å²) >= 11 is 0. The Morgan fingerprint density at radius 1 is 1.14 bits per heavy atom. The molecule has 2 fully saturated rings. The van der Waals surface area contributed by atoms with Gasteiger partial charge in [-0.1, -0.05) is 29.8 Å². The topological polar surface area (TPSA) is 83.1 Å². The Morgan fingerprint density at radius 2 is 1.96 bits per heavy atom. The SMILES string of the molecule is Cc1cccc(C2C(C(=O)C3CC3)C(=O)C(=O)N2c2ccc3nc[nH]c3c2)c1. The number of hydrogen-bond donors (Lipinski definition) is 1. The number of benzene rings is 2. The number of nitrogens with one attached hydrogen (secondary N) is 1. The molecular formula is C22H19N3O3. The third-order valence-electron chi connectivity index (χ3n) is 5.66. The highest BCUT2D eigenvalue weighted by molar-refractivity contribution is 6.48. The van der Waals surface area contributed by atoms with E-state index in [0.717, 1.165) is 35.0 Å². The zero-order chi connectivity index (χ0) is 19.4. The average molecular weight is 373 g/mol. The molecule has 5 rings (SSSR count). The van der Waals surface area contributed by atoms with Gasteiger partial charge < -0.3 is 4.98 Å². The van der Waals surface area contributed by atoms with E-state index in [1.807, 2.05) is 37.3 Å². The molecule has 140 valence electrons. The largest absolute Gasteiger partial charge is 0.345 e. The minimum Gasteiger partial charge on any atom is -0.345 e. The molecule has 1 N–H and O–H groups in total. The molecule has 2 heterocycles. The maximum absolute atomic E-state index is 13.0. The molecule has 0 bridgehead atoms. The van der Waals surface area contributed by atoms with E-state index < -0.39 is 23.7 Å². The van der Waals surface area contributed by atoms with Crippen molar-refractivity contribution in [2.45, 2.75) is 25.8 Å². The van der Waals surface area contributed by atoms with Crippen LogP contribution in [-0.4, -0.2) is 27.4 Å². The van der Waals surface area contributed by atoms with E-state index in [0.29, 0.717) is 5.69 Å². The number of anilines is 1. The number of H-pyrrole nitrogens is 1. The van der Waals surface area contributed by atoms with Crippen LogP contribution in [0.4, 0.5) is 5.69 Å². The Bertz CT molecular complexity index is 1130. The van der Waals surface area contributed by atoms with Crippen molar-refractivity contribution < 1.29 is 14.4 Å². The van der Waals surface area contributed by atoms with Gasteiger partial charge in [-0.15, -0.1) is 0 Å². The monoisotopic (exact) mass is 373 g/mol. The molecule has 28 heavy (non-hydrogen) atoms. The normalized spacial score (nSPS) is 22.2. The maximum Gasteiger partial charge on any atom is 0.295 e. The van der Waals surface area contributed by atoms with Gasteiger partial charge in [0.25, 0.3) is 5.91 Å². The number of nitrogens with zero attached hydrogens (tertiary/aromatic N) is 2. The Hall–Kier alpha value is -3.28. The lowest BCUT2D eigenvalue weighted by molar-refractivity contribution is -0.139. The molecule has 1 aromatic heterocycles. The number of rotatable bonds is 4. The summed E-state index contributed by atoms with van der Waals surface area (Å²) in [5.74, 6) is -2.36. The first-order valence-corrected chi connectivity index (χ1v) is 9.45. The number of aromatic amines is 1. The van der Waals surface area contributed by atoms with Gasteiger partial charge in [-0.25, -0.2) is 4.98 Å². The first kappa shape index (κ1) is 16.9. The minimum absolute atomic E-state index is 0.0934. The van der Waals surface area contributed by atoms with E-state index in [2.05, 4.69) is 9.97 Å². The Kier molecular flexibility index (Phi) is 3.69. The molecule has 2 atom stereocenters. The zero-order valence-corrected chi connectivity index (χ0v) is 15.4. The van der Waals surface area contributed by atoms with Crippen LogP contribution in [0.2, 0.25) is 0 Å². The summed E-state index contributed by atoms with van der Waals surface area (Å²) in [5, 5.41) is 0. The summed E-state index contributed by atoms with van der Waals surface area (Å²) in [6.07, 6.45) is 3.19. The lowest BCUT2D eigenvalue weighted by Crippen LogP contribution is -2.31. The number of carbonyl (C=O) groups is 3. The molecule has 3 aromatic rings. The predicted octanol–water partition coefficient (Wildman–Crippen LogP) is 3.12. The fraction of sp³-hybridized carbons (Fsp3) is 0.273. The van der Waals surface area contributed by atoms with Crippen LogP contribution < -0.4 is 4.90 Å². The van der Waals surface area contributed by atoms with Crippen molar-refractivity contribution in [2.24, 2.45) is 11.8 Å². The molecule has 6 heteroatoms. The van der Waals surface area contributed by atoms with Gasteiger partial charge in [0.1, 0.15) is 11.7 Å². The number of fused-ring (bicyclic) bond motifs is 1. The van der Waals surface area contributed by atoms with Crippen LogP contribution in [0, 0.1) is 18.8 Å². The fourth-order valence-electron chi connectivity index (χ4n) is 4.12. The summed E-state index contributed by atoms with van der Waals surface area (Å²) in [4.78, 5) is 47.6. The Labute approximate surface area is 161 Å². The van der Waals surface area contributed by atoms with Crippen LogP contribution in [-0.2, 0) is 14.4 Å². The summed E-state index contributed by atoms with van der Waals surface area (Å²) in [6, 6.07) is 12.5. The Balaban J connectivity index is 1.67. The number of carbonyl (C=O) groups excluding carboxylic acids is 3. The van der Waals surface area contributed by atoms with E-state index in [1.54, 1.807) is 18.5 Å². The van der Waals surface area contributed by atoms with Gasteiger partial charge >= 0.3 is 0 Å².